The minimum atomic E-state index is -4.83. The molecule has 1 heterocycles. The number of rotatable bonds is 9. The first-order valence-electron chi connectivity index (χ1n) is 12.3. The second-order valence-corrected chi connectivity index (χ2v) is 9.67. The van der Waals surface area contributed by atoms with Gasteiger partial charge in [0, 0.05) is 27.8 Å². The average molecular weight is 543 g/mol. The molecule has 1 unspecified atom stereocenters. The lowest BCUT2D eigenvalue weighted by Gasteiger charge is -2.17. The molecule has 5 nitrogen and oxygen atoms in total. The molecule has 0 amide bonds. The Balaban J connectivity index is 1.37. The minimum Gasteiger partial charge on any atom is -0.488 e. The second-order valence-electron chi connectivity index (χ2n) is 9.26. The lowest BCUT2D eigenvalue weighted by atomic mass is 9.98. The van der Waals surface area contributed by atoms with Gasteiger partial charge in [-0.3, -0.25) is 4.99 Å². The zero-order valence-corrected chi connectivity index (χ0v) is 21.4. The third-order valence-electron chi connectivity index (χ3n) is 6.58. The highest BCUT2D eigenvalue weighted by atomic mass is 35.5. The molecule has 5 rings (SSSR count). The monoisotopic (exact) mass is 542 g/mol. The molecule has 0 spiro atoms. The van der Waals surface area contributed by atoms with Crippen molar-refractivity contribution in [1.82, 2.24) is 0 Å². The van der Waals surface area contributed by atoms with Crippen molar-refractivity contribution in [2.75, 3.05) is 13.7 Å². The van der Waals surface area contributed by atoms with Gasteiger partial charge in [0.15, 0.2) is 0 Å². The van der Waals surface area contributed by atoms with E-state index in [0.29, 0.717) is 47.3 Å². The van der Waals surface area contributed by atoms with Gasteiger partial charge in [-0.15, -0.1) is 13.2 Å². The van der Waals surface area contributed by atoms with E-state index in [-0.39, 0.29) is 5.75 Å². The Labute approximate surface area is 223 Å². The number of oxime groups is 1. The van der Waals surface area contributed by atoms with Crippen molar-refractivity contribution in [3.63, 3.8) is 0 Å². The number of nitrogens with zero attached hydrogens (tertiary/aromatic N) is 2. The summed E-state index contributed by atoms with van der Waals surface area (Å²) >= 11 is 6.31. The van der Waals surface area contributed by atoms with Crippen LogP contribution in [0.2, 0.25) is 5.02 Å². The number of ether oxygens (including phenoxy) is 2. The third kappa shape index (κ3) is 6.30. The van der Waals surface area contributed by atoms with E-state index in [9.17, 15) is 13.2 Å². The molecule has 3 aromatic rings. The third-order valence-corrected chi connectivity index (χ3v) is 6.91. The molecule has 0 radical (unpaired) electrons. The molecule has 1 aliphatic heterocycles. The summed E-state index contributed by atoms with van der Waals surface area (Å²) in [6, 6.07) is 18.9. The fourth-order valence-corrected chi connectivity index (χ4v) is 4.82. The molecular formula is C29H26ClF3N2O3. The Hall–Kier alpha value is -3.52. The number of halogens is 4. The Morgan fingerprint density at radius 2 is 1.74 bits per heavy atom. The van der Waals surface area contributed by atoms with E-state index in [4.69, 9.17) is 26.2 Å². The Morgan fingerprint density at radius 3 is 2.42 bits per heavy atom. The van der Waals surface area contributed by atoms with Crippen LogP contribution in [0.3, 0.4) is 0 Å². The van der Waals surface area contributed by atoms with Crippen molar-refractivity contribution in [3.05, 3.63) is 82.9 Å². The minimum absolute atomic E-state index is 0.255. The van der Waals surface area contributed by atoms with Crippen LogP contribution in [0.5, 0.6) is 11.5 Å². The summed E-state index contributed by atoms with van der Waals surface area (Å²) < 4.78 is 50.3. The fraction of sp³-hybridized carbons (Fsp3) is 0.310. The average Bonchev–Trinajstić information content (AvgIpc) is 3.63. The number of aliphatic imine (C=N–C) groups is 1. The first-order valence-corrected chi connectivity index (χ1v) is 12.7. The van der Waals surface area contributed by atoms with Gasteiger partial charge in [-0.05, 0) is 61.1 Å². The van der Waals surface area contributed by atoms with Gasteiger partial charge < -0.3 is 14.3 Å². The zero-order chi connectivity index (χ0) is 26.7. The first-order chi connectivity index (χ1) is 18.3. The van der Waals surface area contributed by atoms with Crippen LogP contribution < -0.4 is 9.47 Å². The summed E-state index contributed by atoms with van der Waals surface area (Å²) in [6.07, 6.45) is -1.50. The fourth-order valence-electron chi connectivity index (χ4n) is 4.57. The van der Waals surface area contributed by atoms with E-state index < -0.39 is 12.4 Å². The predicted octanol–water partition coefficient (Wildman–Crippen LogP) is 8.02. The molecule has 2 aliphatic rings. The summed E-state index contributed by atoms with van der Waals surface area (Å²) in [5.41, 5.74) is 4.15. The Bertz CT molecular complexity index is 1350. The molecule has 198 valence electrons. The lowest BCUT2D eigenvalue weighted by Crippen LogP contribution is -2.18. The highest BCUT2D eigenvalue weighted by Crippen LogP contribution is 2.41. The first kappa shape index (κ1) is 26.1. The van der Waals surface area contributed by atoms with Gasteiger partial charge in [0.1, 0.15) is 25.2 Å². The normalized spacial score (nSPS) is 17.8. The molecule has 3 aromatic carbocycles. The molecule has 1 fully saturated rings. The van der Waals surface area contributed by atoms with Gasteiger partial charge in [-0.1, -0.05) is 59.2 Å². The van der Waals surface area contributed by atoms with Gasteiger partial charge in [0.25, 0.3) is 0 Å². The maximum Gasteiger partial charge on any atom is 0.573 e. The largest absolute Gasteiger partial charge is 0.573 e. The van der Waals surface area contributed by atoms with E-state index in [1.54, 1.807) is 42.5 Å². The highest BCUT2D eigenvalue weighted by molar-refractivity contribution is 6.34. The number of hydrogen-bond donors (Lipinski definition) is 0. The smallest absolute Gasteiger partial charge is 0.488 e. The number of benzene rings is 3. The van der Waals surface area contributed by atoms with Gasteiger partial charge in [-0.2, -0.15) is 0 Å². The summed E-state index contributed by atoms with van der Waals surface area (Å²) in [5, 5.41) is 4.61. The van der Waals surface area contributed by atoms with Gasteiger partial charge in [0.05, 0.1) is 11.8 Å². The van der Waals surface area contributed by atoms with Crippen LogP contribution in [-0.2, 0) is 4.84 Å². The van der Waals surface area contributed by atoms with Gasteiger partial charge in [-0.25, -0.2) is 0 Å². The molecule has 1 aliphatic carbocycles. The van der Waals surface area contributed by atoms with Crippen molar-refractivity contribution in [1.29, 1.82) is 0 Å². The van der Waals surface area contributed by atoms with Crippen LogP contribution in [0.25, 0.3) is 11.1 Å². The molecule has 1 atom stereocenters. The zero-order valence-electron chi connectivity index (χ0n) is 20.7. The maximum absolute atomic E-state index is 13.3. The SMILES string of the molecule is CON=C(COc1ccc(-c2ccc(C3CCC(c4ccccc4Cl)=N3)c(OC(F)(F)F)c2)cc1)C1CC1. The van der Waals surface area contributed by atoms with Crippen molar-refractivity contribution in [2.24, 2.45) is 16.1 Å². The summed E-state index contributed by atoms with van der Waals surface area (Å²) in [7, 11) is 1.51. The van der Waals surface area contributed by atoms with Crippen molar-refractivity contribution < 1.29 is 27.5 Å². The summed E-state index contributed by atoms with van der Waals surface area (Å²) in [5.74, 6) is 0.785. The molecule has 0 aromatic heterocycles. The van der Waals surface area contributed by atoms with Crippen LogP contribution in [0, 0.1) is 5.92 Å². The van der Waals surface area contributed by atoms with E-state index in [0.717, 1.165) is 35.4 Å². The van der Waals surface area contributed by atoms with Gasteiger partial charge in [0.2, 0.25) is 0 Å². The van der Waals surface area contributed by atoms with Crippen LogP contribution in [0.4, 0.5) is 13.2 Å². The lowest BCUT2D eigenvalue weighted by molar-refractivity contribution is -0.274. The standard InChI is InChI=1S/C29H26ClF3N2O3/c1-36-35-27(19-6-7-19)17-37-21-11-8-18(9-12-21)20-10-13-23(28(16-20)38-29(31,32)33)26-15-14-25(34-26)22-4-2-3-5-24(22)30/h2-5,8-13,16,19,26H,6-7,14-15,17H2,1H3. The van der Waals surface area contributed by atoms with Crippen LogP contribution in [0.15, 0.2) is 76.9 Å². The molecule has 1 saturated carbocycles. The number of alkyl halides is 3. The van der Waals surface area contributed by atoms with E-state index >= 15 is 0 Å². The van der Waals surface area contributed by atoms with Crippen LogP contribution >= 0.6 is 11.6 Å². The second kappa shape index (κ2) is 11.1. The molecule has 0 N–H and O–H groups in total. The Kier molecular flexibility index (Phi) is 7.61. The molecule has 0 saturated heterocycles. The van der Waals surface area contributed by atoms with Crippen molar-refractivity contribution in [2.45, 2.75) is 38.1 Å². The van der Waals surface area contributed by atoms with E-state index in [2.05, 4.69) is 9.89 Å². The summed E-state index contributed by atoms with van der Waals surface area (Å²) in [4.78, 5) is 9.61. The van der Waals surface area contributed by atoms with Crippen LogP contribution in [0.1, 0.15) is 42.9 Å². The van der Waals surface area contributed by atoms with Gasteiger partial charge >= 0.3 is 6.36 Å². The molecule has 38 heavy (non-hydrogen) atoms. The summed E-state index contributed by atoms with van der Waals surface area (Å²) in [6.45, 7) is 0.328. The highest BCUT2D eigenvalue weighted by Gasteiger charge is 2.34. The molecule has 0 bridgehead atoms. The maximum atomic E-state index is 13.3. The van der Waals surface area contributed by atoms with E-state index in [1.165, 1.54) is 13.2 Å². The van der Waals surface area contributed by atoms with Crippen molar-refractivity contribution >= 4 is 23.0 Å². The van der Waals surface area contributed by atoms with Crippen LogP contribution in [-0.4, -0.2) is 31.5 Å². The number of hydrogen-bond acceptors (Lipinski definition) is 5. The Morgan fingerprint density at radius 1 is 1.00 bits per heavy atom. The molecular weight excluding hydrogens is 517 g/mol. The van der Waals surface area contributed by atoms with Crippen molar-refractivity contribution in [3.8, 4) is 22.6 Å². The predicted molar refractivity (Wildman–Crippen MR) is 141 cm³/mol. The quantitative estimate of drug-likeness (QED) is 0.203. The topological polar surface area (TPSA) is 52.4 Å². The molecule has 9 heteroatoms. The van der Waals surface area contributed by atoms with E-state index in [1.807, 2.05) is 18.2 Å².